The highest BCUT2D eigenvalue weighted by molar-refractivity contribution is 8.17. The molecular formula is C10H18S2. The molecule has 0 N–H and O–H groups in total. The molecule has 0 aliphatic carbocycles. The number of rotatable bonds is 1. The van der Waals surface area contributed by atoms with Crippen LogP contribution in [0.5, 0.6) is 0 Å². The molecule has 1 aliphatic heterocycles. The fourth-order valence-corrected chi connectivity index (χ4v) is 4.85. The van der Waals surface area contributed by atoms with Crippen LogP contribution in [0, 0.1) is 0 Å². The van der Waals surface area contributed by atoms with Gasteiger partial charge in [-0.3, -0.25) is 0 Å². The third-order valence-electron chi connectivity index (χ3n) is 2.36. The number of thioether (sulfide) groups is 2. The molecule has 1 saturated heterocycles. The molecule has 0 saturated carbocycles. The summed E-state index contributed by atoms with van der Waals surface area (Å²) in [6, 6.07) is 0. The van der Waals surface area contributed by atoms with Crippen molar-refractivity contribution >= 4 is 23.5 Å². The van der Waals surface area contributed by atoms with Gasteiger partial charge in [-0.05, 0) is 20.3 Å². The minimum Gasteiger partial charge on any atom is -0.145 e. The van der Waals surface area contributed by atoms with E-state index in [4.69, 9.17) is 0 Å². The summed E-state index contributed by atoms with van der Waals surface area (Å²) in [4.78, 5) is 0. The third kappa shape index (κ3) is 2.74. The molecule has 0 nitrogen and oxygen atoms in total. The summed E-state index contributed by atoms with van der Waals surface area (Å²) in [6.07, 6.45) is 3.57. The SMILES string of the molecule is CC=C(C)C1CC(C)(C)SCS1. The predicted molar refractivity (Wildman–Crippen MR) is 62.0 cm³/mol. The largest absolute Gasteiger partial charge is 0.145 e. The first-order valence-corrected chi connectivity index (χ1v) is 6.47. The lowest BCUT2D eigenvalue weighted by atomic mass is 10.0. The molecule has 0 aromatic heterocycles. The monoisotopic (exact) mass is 202 g/mol. The van der Waals surface area contributed by atoms with E-state index in [-0.39, 0.29) is 0 Å². The molecule has 70 valence electrons. The van der Waals surface area contributed by atoms with E-state index in [1.54, 1.807) is 5.57 Å². The number of allylic oxidation sites excluding steroid dienone is 1. The minimum absolute atomic E-state index is 0.486. The molecule has 1 atom stereocenters. The van der Waals surface area contributed by atoms with E-state index in [9.17, 15) is 0 Å². The van der Waals surface area contributed by atoms with Gasteiger partial charge in [0.15, 0.2) is 0 Å². The molecule has 1 fully saturated rings. The van der Waals surface area contributed by atoms with E-state index in [0.29, 0.717) is 4.75 Å². The van der Waals surface area contributed by atoms with Gasteiger partial charge in [-0.2, -0.15) is 0 Å². The van der Waals surface area contributed by atoms with Gasteiger partial charge in [0.25, 0.3) is 0 Å². The number of hydrogen-bond acceptors (Lipinski definition) is 2. The Hall–Kier alpha value is 0.440. The average Bonchev–Trinajstić information content (AvgIpc) is 2.01. The molecule has 0 aromatic carbocycles. The zero-order valence-corrected chi connectivity index (χ0v) is 10.0. The lowest BCUT2D eigenvalue weighted by Gasteiger charge is -2.34. The van der Waals surface area contributed by atoms with Gasteiger partial charge < -0.3 is 0 Å². The van der Waals surface area contributed by atoms with Crippen molar-refractivity contribution in [1.82, 2.24) is 0 Å². The van der Waals surface area contributed by atoms with Crippen LogP contribution in [-0.2, 0) is 0 Å². The maximum absolute atomic E-state index is 2.35. The van der Waals surface area contributed by atoms with E-state index >= 15 is 0 Å². The van der Waals surface area contributed by atoms with E-state index in [1.807, 2.05) is 0 Å². The van der Waals surface area contributed by atoms with Crippen molar-refractivity contribution in [2.24, 2.45) is 0 Å². The van der Waals surface area contributed by atoms with Crippen molar-refractivity contribution in [2.75, 3.05) is 5.08 Å². The van der Waals surface area contributed by atoms with E-state index in [2.05, 4.69) is 57.3 Å². The van der Waals surface area contributed by atoms with Crippen LogP contribution >= 0.6 is 23.5 Å². The van der Waals surface area contributed by atoms with Crippen molar-refractivity contribution < 1.29 is 0 Å². The molecule has 1 rings (SSSR count). The average molecular weight is 202 g/mol. The topological polar surface area (TPSA) is 0 Å². The number of hydrogen-bond donors (Lipinski definition) is 0. The second-order valence-corrected chi connectivity index (χ2v) is 7.15. The summed E-state index contributed by atoms with van der Waals surface area (Å²) >= 11 is 4.18. The van der Waals surface area contributed by atoms with Crippen LogP contribution in [-0.4, -0.2) is 15.1 Å². The quantitative estimate of drug-likeness (QED) is 0.591. The highest BCUT2D eigenvalue weighted by Gasteiger charge is 2.29. The van der Waals surface area contributed by atoms with Gasteiger partial charge in [0, 0.05) is 15.1 Å². The Balaban J connectivity index is 2.58. The van der Waals surface area contributed by atoms with Gasteiger partial charge in [-0.15, -0.1) is 23.5 Å². The first-order valence-electron chi connectivity index (χ1n) is 4.43. The van der Waals surface area contributed by atoms with Crippen molar-refractivity contribution in [3.05, 3.63) is 11.6 Å². The molecule has 12 heavy (non-hydrogen) atoms. The van der Waals surface area contributed by atoms with Crippen molar-refractivity contribution in [2.45, 2.75) is 44.1 Å². The smallest absolute Gasteiger partial charge is 0.0403 e. The van der Waals surface area contributed by atoms with Crippen LogP contribution < -0.4 is 0 Å². The van der Waals surface area contributed by atoms with E-state index in [1.165, 1.54) is 11.5 Å². The molecule has 1 aliphatic rings. The summed E-state index contributed by atoms with van der Waals surface area (Å²) in [6.45, 7) is 9.11. The highest BCUT2D eigenvalue weighted by Crippen LogP contribution is 2.43. The lowest BCUT2D eigenvalue weighted by Crippen LogP contribution is -2.26. The Labute approximate surface area is 84.6 Å². The van der Waals surface area contributed by atoms with Crippen LogP contribution in [0.2, 0.25) is 0 Å². The summed E-state index contributed by atoms with van der Waals surface area (Å²) in [5.41, 5.74) is 1.55. The van der Waals surface area contributed by atoms with Gasteiger partial charge in [-0.1, -0.05) is 25.5 Å². The summed E-state index contributed by atoms with van der Waals surface area (Å²) < 4.78 is 0.486. The van der Waals surface area contributed by atoms with Gasteiger partial charge >= 0.3 is 0 Å². The second-order valence-electron chi connectivity index (χ2n) is 3.91. The first-order chi connectivity index (χ1) is 5.55. The Morgan fingerprint density at radius 1 is 1.50 bits per heavy atom. The lowest BCUT2D eigenvalue weighted by molar-refractivity contribution is 0.642. The van der Waals surface area contributed by atoms with Crippen LogP contribution in [0.25, 0.3) is 0 Å². The highest BCUT2D eigenvalue weighted by atomic mass is 32.2. The van der Waals surface area contributed by atoms with Gasteiger partial charge in [0.1, 0.15) is 0 Å². The Morgan fingerprint density at radius 2 is 2.17 bits per heavy atom. The minimum atomic E-state index is 0.486. The predicted octanol–water partition coefficient (Wildman–Crippen LogP) is 3.93. The van der Waals surface area contributed by atoms with Crippen molar-refractivity contribution in [3.8, 4) is 0 Å². The molecule has 0 radical (unpaired) electrons. The third-order valence-corrected chi connectivity index (χ3v) is 5.26. The molecule has 0 bridgehead atoms. The fraction of sp³-hybridized carbons (Fsp3) is 0.800. The molecule has 1 heterocycles. The van der Waals surface area contributed by atoms with Crippen LogP contribution in [0.1, 0.15) is 34.1 Å². The maximum atomic E-state index is 2.35. The van der Waals surface area contributed by atoms with Gasteiger partial charge in [0.2, 0.25) is 0 Å². The van der Waals surface area contributed by atoms with Gasteiger partial charge in [-0.25, -0.2) is 0 Å². The standard InChI is InChI=1S/C10H18S2/c1-5-8(2)9-6-10(3,4)12-7-11-9/h5,9H,6-7H2,1-4H3. The molecule has 1 unspecified atom stereocenters. The zero-order valence-electron chi connectivity index (χ0n) is 8.39. The van der Waals surface area contributed by atoms with Crippen molar-refractivity contribution in [3.63, 3.8) is 0 Å². The van der Waals surface area contributed by atoms with Crippen LogP contribution in [0.15, 0.2) is 11.6 Å². The molecule has 0 spiro atoms. The molecular weight excluding hydrogens is 184 g/mol. The normalized spacial score (nSPS) is 30.3. The zero-order chi connectivity index (χ0) is 9.19. The van der Waals surface area contributed by atoms with E-state index in [0.717, 1.165) is 5.25 Å². The second kappa shape index (κ2) is 4.10. The molecule has 2 heteroatoms. The van der Waals surface area contributed by atoms with Crippen LogP contribution in [0.4, 0.5) is 0 Å². The van der Waals surface area contributed by atoms with Crippen molar-refractivity contribution in [1.29, 1.82) is 0 Å². The maximum Gasteiger partial charge on any atom is 0.0403 e. The first kappa shape index (κ1) is 10.5. The molecule has 0 aromatic rings. The fourth-order valence-electron chi connectivity index (χ4n) is 1.32. The summed E-state index contributed by atoms with van der Waals surface area (Å²) in [5, 5.41) is 2.02. The Kier molecular flexibility index (Phi) is 3.59. The van der Waals surface area contributed by atoms with Gasteiger partial charge in [0.05, 0.1) is 0 Å². The summed E-state index contributed by atoms with van der Waals surface area (Å²) in [7, 11) is 0. The Bertz CT molecular complexity index is 182. The van der Waals surface area contributed by atoms with E-state index < -0.39 is 0 Å². The summed E-state index contributed by atoms with van der Waals surface area (Å²) in [5.74, 6) is 0. The molecule has 0 amide bonds. The Morgan fingerprint density at radius 3 is 2.67 bits per heavy atom. The van der Waals surface area contributed by atoms with Crippen LogP contribution in [0.3, 0.4) is 0 Å².